The van der Waals surface area contributed by atoms with Crippen LogP contribution in [0.2, 0.25) is 0 Å². The van der Waals surface area contributed by atoms with Crippen molar-refractivity contribution >= 4 is 5.69 Å². The molecule has 1 N–H and O–H groups in total. The number of rotatable bonds is 9. The van der Waals surface area contributed by atoms with Gasteiger partial charge in [-0.15, -0.1) is 0 Å². The molecule has 21 heavy (non-hydrogen) atoms. The van der Waals surface area contributed by atoms with Crippen LogP contribution in [0, 0.1) is 5.92 Å². The summed E-state index contributed by atoms with van der Waals surface area (Å²) in [6.07, 6.45) is 2.41. The quantitative estimate of drug-likeness (QED) is 0.700. The fraction of sp³-hybridized carbons (Fsp3) is 0.684. The molecule has 0 aliphatic carbocycles. The molecule has 0 atom stereocenters. The number of nitrogens with one attached hydrogen (secondary N) is 1. The summed E-state index contributed by atoms with van der Waals surface area (Å²) in [4.78, 5) is 2.63. The Morgan fingerprint density at radius 2 is 1.62 bits per heavy atom. The van der Waals surface area contributed by atoms with Crippen molar-refractivity contribution in [2.75, 3.05) is 11.4 Å². The molecule has 1 aromatic carbocycles. The summed E-state index contributed by atoms with van der Waals surface area (Å²) >= 11 is 0. The van der Waals surface area contributed by atoms with Gasteiger partial charge in [-0.3, -0.25) is 0 Å². The van der Waals surface area contributed by atoms with Gasteiger partial charge in [0.05, 0.1) is 0 Å². The van der Waals surface area contributed by atoms with Crippen molar-refractivity contribution in [3.63, 3.8) is 0 Å². The van der Waals surface area contributed by atoms with E-state index in [0.717, 1.165) is 13.1 Å². The van der Waals surface area contributed by atoms with Crippen LogP contribution < -0.4 is 10.2 Å². The van der Waals surface area contributed by atoms with E-state index in [1.165, 1.54) is 24.1 Å². The van der Waals surface area contributed by atoms with E-state index >= 15 is 0 Å². The second-order valence-corrected chi connectivity index (χ2v) is 6.68. The third-order valence-electron chi connectivity index (χ3n) is 3.95. The fourth-order valence-corrected chi connectivity index (χ4v) is 2.82. The van der Waals surface area contributed by atoms with E-state index < -0.39 is 0 Å². The van der Waals surface area contributed by atoms with Crippen LogP contribution in [-0.4, -0.2) is 18.6 Å². The van der Waals surface area contributed by atoms with Gasteiger partial charge in [0.15, 0.2) is 0 Å². The Kier molecular flexibility index (Phi) is 7.81. The highest BCUT2D eigenvalue weighted by atomic mass is 15.2. The van der Waals surface area contributed by atoms with Crippen molar-refractivity contribution in [3.05, 3.63) is 29.8 Å². The Bertz CT molecular complexity index is 394. The van der Waals surface area contributed by atoms with Crippen LogP contribution in [0.15, 0.2) is 24.3 Å². The molecule has 1 rings (SSSR count). The van der Waals surface area contributed by atoms with E-state index in [0.29, 0.717) is 18.0 Å². The number of hydrogen-bond donors (Lipinski definition) is 1. The Hall–Kier alpha value is -1.02. The van der Waals surface area contributed by atoms with Gasteiger partial charge in [-0.05, 0) is 30.4 Å². The summed E-state index contributed by atoms with van der Waals surface area (Å²) < 4.78 is 0. The minimum absolute atomic E-state index is 0.518. The lowest BCUT2D eigenvalue weighted by Crippen LogP contribution is -2.38. The highest BCUT2D eigenvalue weighted by Crippen LogP contribution is 2.26. The lowest BCUT2D eigenvalue weighted by Gasteiger charge is -2.35. The summed E-state index contributed by atoms with van der Waals surface area (Å²) in [6, 6.07) is 10.0. The highest BCUT2D eigenvalue weighted by Gasteiger charge is 2.19. The smallest absolute Gasteiger partial charge is 0.0414 e. The molecule has 0 amide bonds. The topological polar surface area (TPSA) is 15.3 Å². The summed E-state index contributed by atoms with van der Waals surface area (Å²) in [5, 5.41) is 3.56. The first-order valence-corrected chi connectivity index (χ1v) is 8.57. The molecule has 0 saturated heterocycles. The van der Waals surface area contributed by atoms with Crippen molar-refractivity contribution in [1.29, 1.82) is 0 Å². The maximum atomic E-state index is 3.56. The third kappa shape index (κ3) is 5.70. The molecule has 120 valence electrons. The monoisotopic (exact) mass is 290 g/mol. The largest absolute Gasteiger partial charge is 0.368 e. The maximum Gasteiger partial charge on any atom is 0.0414 e. The average molecular weight is 290 g/mol. The number of nitrogens with zero attached hydrogens (tertiary/aromatic N) is 1. The predicted molar refractivity (Wildman–Crippen MR) is 95.0 cm³/mol. The van der Waals surface area contributed by atoms with Gasteiger partial charge in [0.1, 0.15) is 0 Å². The molecule has 0 fully saturated rings. The zero-order valence-corrected chi connectivity index (χ0v) is 14.8. The first-order valence-electron chi connectivity index (χ1n) is 8.57. The number of hydrogen-bond acceptors (Lipinski definition) is 2. The molecule has 0 spiro atoms. The summed E-state index contributed by atoms with van der Waals surface area (Å²) in [5.74, 6) is 0.678. The van der Waals surface area contributed by atoms with E-state index in [-0.39, 0.29) is 0 Å². The first kappa shape index (κ1) is 18.0. The van der Waals surface area contributed by atoms with Gasteiger partial charge in [0.25, 0.3) is 0 Å². The Balaban J connectivity index is 3.05. The van der Waals surface area contributed by atoms with E-state index in [2.05, 4.69) is 76.0 Å². The van der Waals surface area contributed by atoms with Crippen LogP contribution in [-0.2, 0) is 6.54 Å². The molecular weight excluding hydrogens is 256 g/mol. The molecule has 0 aliphatic heterocycles. The van der Waals surface area contributed by atoms with Gasteiger partial charge in [0.2, 0.25) is 0 Å². The molecule has 2 heteroatoms. The fourth-order valence-electron chi connectivity index (χ4n) is 2.82. The summed E-state index contributed by atoms with van der Waals surface area (Å²) in [7, 11) is 0. The van der Waals surface area contributed by atoms with E-state index in [9.17, 15) is 0 Å². The van der Waals surface area contributed by atoms with Gasteiger partial charge in [-0.25, -0.2) is 0 Å². The number of benzene rings is 1. The molecule has 0 saturated carbocycles. The molecule has 0 aliphatic rings. The number of para-hydroxylation sites is 1. The molecule has 0 heterocycles. The van der Waals surface area contributed by atoms with Crippen molar-refractivity contribution in [2.24, 2.45) is 5.92 Å². The molecular formula is C19H34N2. The third-order valence-corrected chi connectivity index (χ3v) is 3.95. The van der Waals surface area contributed by atoms with Crippen molar-refractivity contribution < 1.29 is 0 Å². The normalized spacial score (nSPS) is 11.7. The summed E-state index contributed by atoms with van der Waals surface area (Å²) in [6.45, 7) is 15.7. The molecule has 1 aromatic rings. The van der Waals surface area contributed by atoms with Crippen molar-refractivity contribution in [1.82, 2.24) is 5.32 Å². The van der Waals surface area contributed by atoms with Gasteiger partial charge in [-0.1, -0.05) is 59.7 Å². The van der Waals surface area contributed by atoms with Crippen LogP contribution in [0.25, 0.3) is 0 Å². The van der Waals surface area contributed by atoms with E-state index in [1.54, 1.807) is 0 Å². The predicted octanol–water partition coefficient (Wildman–Crippen LogP) is 4.84. The van der Waals surface area contributed by atoms with Crippen LogP contribution in [0.3, 0.4) is 0 Å². The lowest BCUT2D eigenvalue weighted by molar-refractivity contribution is 0.504. The molecule has 0 radical (unpaired) electrons. The molecule has 0 bridgehead atoms. The minimum atomic E-state index is 0.518. The highest BCUT2D eigenvalue weighted by molar-refractivity contribution is 5.54. The standard InChI is InChI=1S/C19H34N2/c1-7-18(8-2)21(14-15(3)4)19-12-10-9-11-17(19)13-20-16(5)6/h9-12,15-16,18,20H,7-8,13-14H2,1-6H3. The summed E-state index contributed by atoms with van der Waals surface area (Å²) in [5.41, 5.74) is 2.83. The SMILES string of the molecule is CCC(CC)N(CC(C)C)c1ccccc1CNC(C)C. The van der Waals surface area contributed by atoms with Crippen molar-refractivity contribution in [3.8, 4) is 0 Å². The van der Waals surface area contributed by atoms with Crippen molar-refractivity contribution in [2.45, 2.75) is 73.0 Å². The molecule has 0 aromatic heterocycles. The Morgan fingerprint density at radius 1 is 1.00 bits per heavy atom. The lowest BCUT2D eigenvalue weighted by atomic mass is 10.0. The number of anilines is 1. The van der Waals surface area contributed by atoms with Crippen LogP contribution in [0.1, 0.15) is 59.9 Å². The van der Waals surface area contributed by atoms with E-state index in [1.807, 2.05) is 0 Å². The minimum Gasteiger partial charge on any atom is -0.368 e. The van der Waals surface area contributed by atoms with Gasteiger partial charge in [-0.2, -0.15) is 0 Å². The maximum absolute atomic E-state index is 3.56. The van der Waals surface area contributed by atoms with Gasteiger partial charge < -0.3 is 10.2 Å². The average Bonchev–Trinajstić information content (AvgIpc) is 2.45. The zero-order chi connectivity index (χ0) is 15.8. The van der Waals surface area contributed by atoms with Gasteiger partial charge >= 0.3 is 0 Å². The second kappa shape index (κ2) is 9.09. The first-order chi connectivity index (χ1) is 9.99. The van der Waals surface area contributed by atoms with Crippen LogP contribution in [0.4, 0.5) is 5.69 Å². The second-order valence-electron chi connectivity index (χ2n) is 6.68. The van der Waals surface area contributed by atoms with E-state index in [4.69, 9.17) is 0 Å². The molecule has 0 unspecified atom stereocenters. The van der Waals surface area contributed by atoms with Gasteiger partial charge in [0, 0.05) is 30.9 Å². The van der Waals surface area contributed by atoms with Crippen LogP contribution >= 0.6 is 0 Å². The Labute approximate surface area is 131 Å². The van der Waals surface area contributed by atoms with Crippen LogP contribution in [0.5, 0.6) is 0 Å². The Morgan fingerprint density at radius 3 is 2.14 bits per heavy atom. The molecule has 2 nitrogen and oxygen atoms in total. The zero-order valence-electron chi connectivity index (χ0n) is 14.8.